The maximum Gasteiger partial charge on any atom is 0.255 e. The zero-order chi connectivity index (χ0) is 20.1. The fourth-order valence-electron chi connectivity index (χ4n) is 3.63. The zero-order valence-electron chi connectivity index (χ0n) is 16.8. The second-order valence-electron chi connectivity index (χ2n) is 6.98. The standard InChI is InChI=1S/C21H27N3O4/c1-13-19(14(2)23-12-22-13)21(25)24-15-8-10-16(11-9-15)28-18-7-5-6-17(26-3)20(18)27-4/h5-7,12,15-16H,8-11H2,1-4H3,(H,24,25). The van der Waals surface area contributed by atoms with Crippen LogP contribution in [0, 0.1) is 13.8 Å². The van der Waals surface area contributed by atoms with Gasteiger partial charge < -0.3 is 19.5 Å². The molecule has 0 saturated heterocycles. The summed E-state index contributed by atoms with van der Waals surface area (Å²) in [5.74, 6) is 1.84. The SMILES string of the molecule is COc1cccc(OC2CCC(NC(=O)c3c(C)ncnc3C)CC2)c1OC. The van der Waals surface area contributed by atoms with E-state index in [1.807, 2.05) is 32.0 Å². The van der Waals surface area contributed by atoms with Crippen molar-refractivity contribution < 1.29 is 19.0 Å². The summed E-state index contributed by atoms with van der Waals surface area (Å²) in [5, 5.41) is 3.12. The van der Waals surface area contributed by atoms with Crippen LogP contribution in [-0.4, -0.2) is 42.2 Å². The summed E-state index contributed by atoms with van der Waals surface area (Å²) in [6.07, 6.45) is 4.99. The highest BCUT2D eigenvalue weighted by Gasteiger charge is 2.26. The maximum absolute atomic E-state index is 12.6. The third-order valence-corrected chi connectivity index (χ3v) is 5.12. The molecule has 1 N–H and O–H groups in total. The third kappa shape index (κ3) is 4.35. The number of nitrogens with zero attached hydrogens (tertiary/aromatic N) is 2. The van der Waals surface area contributed by atoms with Crippen LogP contribution in [-0.2, 0) is 0 Å². The van der Waals surface area contributed by atoms with E-state index in [9.17, 15) is 4.79 Å². The Kier molecular flexibility index (Phi) is 6.34. The number of aromatic nitrogens is 2. The minimum absolute atomic E-state index is 0.0812. The van der Waals surface area contributed by atoms with E-state index < -0.39 is 0 Å². The van der Waals surface area contributed by atoms with Crippen molar-refractivity contribution in [1.29, 1.82) is 0 Å². The average Bonchev–Trinajstić information content (AvgIpc) is 2.69. The van der Waals surface area contributed by atoms with Gasteiger partial charge in [-0.3, -0.25) is 4.79 Å². The zero-order valence-corrected chi connectivity index (χ0v) is 16.8. The first-order valence-electron chi connectivity index (χ1n) is 9.50. The Balaban J connectivity index is 1.57. The Morgan fingerprint density at radius 1 is 1.00 bits per heavy atom. The molecule has 0 bridgehead atoms. The Morgan fingerprint density at radius 2 is 1.64 bits per heavy atom. The van der Waals surface area contributed by atoms with Gasteiger partial charge >= 0.3 is 0 Å². The molecule has 1 heterocycles. The number of aryl methyl sites for hydroxylation is 2. The average molecular weight is 385 g/mol. The summed E-state index contributed by atoms with van der Waals surface area (Å²) in [6, 6.07) is 5.74. The van der Waals surface area contributed by atoms with E-state index in [-0.39, 0.29) is 18.1 Å². The lowest BCUT2D eigenvalue weighted by Gasteiger charge is -2.30. The van der Waals surface area contributed by atoms with Crippen molar-refractivity contribution >= 4 is 5.91 Å². The molecule has 0 spiro atoms. The number of para-hydroxylation sites is 1. The molecule has 1 fully saturated rings. The molecule has 0 unspecified atom stereocenters. The summed E-state index contributed by atoms with van der Waals surface area (Å²) in [4.78, 5) is 20.9. The Hall–Kier alpha value is -2.83. The van der Waals surface area contributed by atoms with E-state index >= 15 is 0 Å². The molecule has 7 heteroatoms. The van der Waals surface area contributed by atoms with Gasteiger partial charge in [0.1, 0.15) is 6.33 Å². The van der Waals surface area contributed by atoms with Gasteiger partial charge in [0.15, 0.2) is 11.5 Å². The van der Waals surface area contributed by atoms with E-state index in [4.69, 9.17) is 14.2 Å². The van der Waals surface area contributed by atoms with Gasteiger partial charge in [0.05, 0.1) is 37.3 Å². The van der Waals surface area contributed by atoms with Crippen molar-refractivity contribution in [3.63, 3.8) is 0 Å². The predicted octanol–water partition coefficient (Wildman–Crippen LogP) is 3.23. The molecule has 7 nitrogen and oxygen atoms in total. The molecule has 1 aromatic heterocycles. The van der Waals surface area contributed by atoms with E-state index in [0.717, 1.165) is 25.7 Å². The van der Waals surface area contributed by atoms with Crippen LogP contribution in [0.5, 0.6) is 17.2 Å². The fraction of sp³-hybridized carbons (Fsp3) is 0.476. The van der Waals surface area contributed by atoms with E-state index in [1.165, 1.54) is 6.33 Å². The second kappa shape index (κ2) is 8.91. The minimum Gasteiger partial charge on any atom is -0.493 e. The normalized spacial score (nSPS) is 19.0. The maximum atomic E-state index is 12.6. The van der Waals surface area contributed by atoms with Crippen molar-refractivity contribution in [2.24, 2.45) is 0 Å². The minimum atomic E-state index is -0.102. The number of nitrogens with one attached hydrogen (secondary N) is 1. The molecule has 1 aliphatic rings. The lowest BCUT2D eigenvalue weighted by Crippen LogP contribution is -2.40. The Morgan fingerprint density at radius 3 is 2.25 bits per heavy atom. The van der Waals surface area contributed by atoms with Gasteiger partial charge in [-0.1, -0.05) is 6.07 Å². The quantitative estimate of drug-likeness (QED) is 0.822. The van der Waals surface area contributed by atoms with Crippen LogP contribution in [0.4, 0.5) is 0 Å². The number of carbonyl (C=O) groups is 1. The molecular formula is C21H27N3O4. The first-order valence-corrected chi connectivity index (χ1v) is 9.50. The molecular weight excluding hydrogens is 358 g/mol. The van der Waals surface area contributed by atoms with Crippen molar-refractivity contribution in [2.45, 2.75) is 51.7 Å². The van der Waals surface area contributed by atoms with Gasteiger partial charge in [0, 0.05) is 6.04 Å². The van der Waals surface area contributed by atoms with Crippen LogP contribution in [0.15, 0.2) is 24.5 Å². The smallest absolute Gasteiger partial charge is 0.255 e. The van der Waals surface area contributed by atoms with E-state index in [0.29, 0.717) is 34.2 Å². The lowest BCUT2D eigenvalue weighted by molar-refractivity contribution is 0.0889. The van der Waals surface area contributed by atoms with Crippen molar-refractivity contribution in [2.75, 3.05) is 14.2 Å². The van der Waals surface area contributed by atoms with Crippen LogP contribution in [0.2, 0.25) is 0 Å². The number of carbonyl (C=O) groups excluding carboxylic acids is 1. The van der Waals surface area contributed by atoms with Gasteiger partial charge in [-0.2, -0.15) is 0 Å². The molecule has 0 radical (unpaired) electrons. The Bertz CT molecular complexity index is 812. The van der Waals surface area contributed by atoms with Crippen LogP contribution < -0.4 is 19.5 Å². The van der Waals surface area contributed by atoms with Crippen LogP contribution in [0.3, 0.4) is 0 Å². The molecule has 0 aliphatic heterocycles. The molecule has 1 aromatic carbocycles. The first kappa shape index (κ1) is 19.9. The Labute approximate surface area is 165 Å². The number of methoxy groups -OCH3 is 2. The largest absolute Gasteiger partial charge is 0.493 e. The molecule has 150 valence electrons. The van der Waals surface area contributed by atoms with Gasteiger partial charge in [0.2, 0.25) is 5.75 Å². The molecule has 1 saturated carbocycles. The molecule has 28 heavy (non-hydrogen) atoms. The summed E-state index contributed by atoms with van der Waals surface area (Å²) >= 11 is 0. The molecule has 0 atom stereocenters. The third-order valence-electron chi connectivity index (χ3n) is 5.12. The topological polar surface area (TPSA) is 82.6 Å². The first-order chi connectivity index (χ1) is 13.5. The van der Waals surface area contributed by atoms with Crippen LogP contribution >= 0.6 is 0 Å². The number of rotatable bonds is 6. The van der Waals surface area contributed by atoms with Crippen molar-refractivity contribution in [3.05, 3.63) is 41.5 Å². The van der Waals surface area contributed by atoms with Gasteiger partial charge in [-0.05, 0) is 51.7 Å². The summed E-state index contributed by atoms with van der Waals surface area (Å²) < 4.78 is 16.9. The number of hydrogen-bond donors (Lipinski definition) is 1. The lowest BCUT2D eigenvalue weighted by atomic mass is 9.92. The highest BCUT2D eigenvalue weighted by atomic mass is 16.5. The number of amides is 1. The highest BCUT2D eigenvalue weighted by Crippen LogP contribution is 2.38. The fourth-order valence-corrected chi connectivity index (χ4v) is 3.63. The predicted molar refractivity (Wildman–Crippen MR) is 105 cm³/mol. The van der Waals surface area contributed by atoms with Crippen LogP contribution in [0.25, 0.3) is 0 Å². The van der Waals surface area contributed by atoms with Gasteiger partial charge in [-0.25, -0.2) is 9.97 Å². The molecule has 1 amide bonds. The van der Waals surface area contributed by atoms with Crippen molar-refractivity contribution in [1.82, 2.24) is 15.3 Å². The molecule has 1 aliphatic carbocycles. The highest BCUT2D eigenvalue weighted by molar-refractivity contribution is 5.96. The number of hydrogen-bond acceptors (Lipinski definition) is 6. The summed E-state index contributed by atoms with van der Waals surface area (Å²) in [6.45, 7) is 3.66. The second-order valence-corrected chi connectivity index (χ2v) is 6.98. The monoisotopic (exact) mass is 385 g/mol. The van der Waals surface area contributed by atoms with Crippen LogP contribution in [0.1, 0.15) is 47.4 Å². The summed E-state index contributed by atoms with van der Waals surface area (Å²) in [7, 11) is 3.21. The van der Waals surface area contributed by atoms with E-state index in [2.05, 4.69) is 15.3 Å². The van der Waals surface area contributed by atoms with Gasteiger partial charge in [0.25, 0.3) is 5.91 Å². The van der Waals surface area contributed by atoms with Gasteiger partial charge in [-0.15, -0.1) is 0 Å². The van der Waals surface area contributed by atoms with Crippen molar-refractivity contribution in [3.8, 4) is 17.2 Å². The molecule has 3 rings (SSSR count). The number of benzene rings is 1. The van der Waals surface area contributed by atoms with E-state index in [1.54, 1.807) is 14.2 Å². The molecule has 2 aromatic rings. The summed E-state index contributed by atoms with van der Waals surface area (Å²) in [5.41, 5.74) is 1.97. The number of ether oxygens (including phenoxy) is 3.